The van der Waals surface area contributed by atoms with Crippen molar-refractivity contribution < 1.29 is 11.0 Å². The molecule has 20 heavy (non-hydrogen) atoms. The molecular formula is C17H29NO2. The predicted octanol–water partition coefficient (Wildman–Crippen LogP) is 4.47. The van der Waals surface area contributed by atoms with E-state index in [9.17, 15) is 9.59 Å². The minimum atomic E-state index is -0.0219. The number of hydrogen-bond donors (Lipinski definition) is 1. The van der Waals surface area contributed by atoms with Gasteiger partial charge in [-0.3, -0.25) is 4.79 Å². The summed E-state index contributed by atoms with van der Waals surface area (Å²) in [7, 11) is 0. The zero-order valence-corrected chi connectivity index (χ0v) is 13.3. The molecule has 0 bridgehead atoms. The predicted molar refractivity (Wildman–Crippen MR) is 87.0 cm³/mol. The van der Waals surface area contributed by atoms with E-state index in [1.165, 1.54) is 0 Å². The number of benzene rings is 1. The second-order valence-corrected chi connectivity index (χ2v) is 4.90. The minimum absolute atomic E-state index is 0. The summed E-state index contributed by atoms with van der Waals surface area (Å²) in [6.07, 6.45) is 2.34. The number of nitrogens with one attached hydrogen (secondary N) is 1. The molecule has 0 radical (unpaired) electrons. The molecule has 0 saturated carbocycles. The normalized spacial score (nSPS) is 9.70. The fourth-order valence-electron chi connectivity index (χ4n) is 1.63. The van der Waals surface area contributed by atoms with Gasteiger partial charge in [-0.15, -0.1) is 0 Å². The molecule has 1 aromatic rings. The lowest BCUT2D eigenvalue weighted by atomic mass is 10.1. The Morgan fingerprint density at radius 1 is 1.25 bits per heavy atom. The van der Waals surface area contributed by atoms with Crippen LogP contribution >= 0.6 is 0 Å². The summed E-state index contributed by atoms with van der Waals surface area (Å²) < 4.78 is 0. The third kappa shape index (κ3) is 7.72. The van der Waals surface area contributed by atoms with Crippen molar-refractivity contribution in [1.82, 2.24) is 0 Å². The zero-order valence-electron chi connectivity index (χ0n) is 13.3. The minimum Gasteiger partial charge on any atom is -0.326 e. The van der Waals surface area contributed by atoms with E-state index >= 15 is 0 Å². The summed E-state index contributed by atoms with van der Waals surface area (Å²) in [5, 5.41) is 2.88. The van der Waals surface area contributed by atoms with E-state index in [0.29, 0.717) is 6.42 Å². The van der Waals surface area contributed by atoms with E-state index in [2.05, 4.69) is 5.32 Å². The number of aryl methyl sites for hydroxylation is 1. The van der Waals surface area contributed by atoms with Crippen molar-refractivity contribution in [2.75, 3.05) is 5.32 Å². The van der Waals surface area contributed by atoms with Gasteiger partial charge in [-0.1, -0.05) is 39.8 Å². The summed E-state index contributed by atoms with van der Waals surface area (Å²) in [6, 6.07) is 7.80. The van der Waals surface area contributed by atoms with Crippen LogP contribution in [0.4, 0.5) is 5.69 Å². The molecular weight excluding hydrogens is 250 g/mol. The fraction of sp³-hybridized carbons (Fsp3) is 0.529. The summed E-state index contributed by atoms with van der Waals surface area (Å²) >= 11 is 0. The van der Waals surface area contributed by atoms with E-state index in [0.717, 1.165) is 24.1 Å². The topological polar surface area (TPSA) is 46.2 Å². The van der Waals surface area contributed by atoms with E-state index in [-0.39, 0.29) is 19.0 Å². The Balaban J connectivity index is 0. The van der Waals surface area contributed by atoms with E-state index in [1.54, 1.807) is 6.92 Å². The van der Waals surface area contributed by atoms with Crippen molar-refractivity contribution in [2.24, 2.45) is 5.92 Å². The average Bonchev–Trinajstić information content (AvgIpc) is 2.41. The van der Waals surface area contributed by atoms with Gasteiger partial charge in [0.25, 0.3) is 0 Å². The molecule has 0 aliphatic carbocycles. The third-order valence-corrected chi connectivity index (χ3v) is 2.71. The molecule has 114 valence electrons. The van der Waals surface area contributed by atoms with Gasteiger partial charge in [0.05, 0.1) is 0 Å². The van der Waals surface area contributed by atoms with Gasteiger partial charge in [0.1, 0.15) is 5.78 Å². The molecule has 3 heteroatoms. The zero-order chi connectivity index (χ0) is 15.5. The number of anilines is 1. The van der Waals surface area contributed by atoms with Crippen LogP contribution < -0.4 is 5.32 Å². The van der Waals surface area contributed by atoms with Crippen LogP contribution in [0.1, 0.15) is 54.5 Å². The van der Waals surface area contributed by atoms with Crippen LogP contribution in [0.15, 0.2) is 24.3 Å². The lowest BCUT2D eigenvalue weighted by Gasteiger charge is -2.09. The lowest BCUT2D eigenvalue weighted by molar-refractivity contribution is -0.119. The molecule has 0 aliphatic rings. The van der Waals surface area contributed by atoms with Crippen LogP contribution in [0.3, 0.4) is 0 Å². The summed E-state index contributed by atoms with van der Waals surface area (Å²) in [4.78, 5) is 22.4. The van der Waals surface area contributed by atoms with E-state index < -0.39 is 0 Å². The molecule has 3 nitrogen and oxygen atoms in total. The number of ketones is 1. The largest absolute Gasteiger partial charge is 0.326 e. The molecule has 1 amide bonds. The van der Waals surface area contributed by atoms with Gasteiger partial charge in [-0.2, -0.15) is 0 Å². The Bertz CT molecular complexity index is 431. The van der Waals surface area contributed by atoms with Gasteiger partial charge in [-0.25, -0.2) is 0 Å². The number of carbonyl (C=O) groups excluding carboxylic acids is 2. The highest BCUT2D eigenvalue weighted by molar-refractivity contribution is 5.92. The van der Waals surface area contributed by atoms with Crippen LogP contribution in [0, 0.1) is 5.92 Å². The fourth-order valence-corrected chi connectivity index (χ4v) is 1.63. The molecule has 0 aliphatic heterocycles. The number of hydrogen-bond acceptors (Lipinski definition) is 2. The van der Waals surface area contributed by atoms with E-state index in [1.807, 2.05) is 52.0 Å². The molecule has 1 rings (SSSR count). The van der Waals surface area contributed by atoms with Crippen molar-refractivity contribution in [1.29, 1.82) is 0 Å². The molecule has 1 N–H and O–H groups in total. The molecule has 0 unspecified atom stereocenters. The SMILES string of the molecule is CC.CC(=O)CCCc1cccc(NC(=O)C(C)C)c1.[HH]. The molecule has 0 spiro atoms. The second kappa shape index (κ2) is 10.2. The maximum Gasteiger partial charge on any atom is 0.226 e. The maximum atomic E-state index is 11.6. The Labute approximate surface area is 124 Å². The first kappa shape index (κ1) is 18.4. The Kier molecular flexibility index (Phi) is 9.35. The second-order valence-electron chi connectivity index (χ2n) is 4.90. The number of rotatable bonds is 6. The Morgan fingerprint density at radius 2 is 1.90 bits per heavy atom. The summed E-state index contributed by atoms with van der Waals surface area (Å²) in [5.41, 5.74) is 1.98. The first-order valence-corrected chi connectivity index (χ1v) is 7.38. The highest BCUT2D eigenvalue weighted by Crippen LogP contribution is 2.14. The number of amides is 1. The van der Waals surface area contributed by atoms with Gasteiger partial charge >= 0.3 is 0 Å². The Morgan fingerprint density at radius 3 is 2.45 bits per heavy atom. The monoisotopic (exact) mass is 279 g/mol. The van der Waals surface area contributed by atoms with Crippen molar-refractivity contribution in [3.63, 3.8) is 0 Å². The van der Waals surface area contributed by atoms with Crippen LogP contribution in [-0.2, 0) is 16.0 Å². The van der Waals surface area contributed by atoms with Gasteiger partial charge in [0, 0.05) is 19.5 Å². The highest BCUT2D eigenvalue weighted by atomic mass is 16.1. The lowest BCUT2D eigenvalue weighted by Crippen LogP contribution is -2.17. The number of Topliss-reactive ketones (excluding diaryl/α,β-unsaturated/α-hetero) is 1. The van der Waals surface area contributed by atoms with Crippen molar-refractivity contribution in [2.45, 2.75) is 53.9 Å². The van der Waals surface area contributed by atoms with Crippen LogP contribution in [-0.4, -0.2) is 11.7 Å². The van der Waals surface area contributed by atoms with Crippen molar-refractivity contribution in [3.8, 4) is 0 Å². The molecule has 1 aromatic carbocycles. The number of carbonyl (C=O) groups is 2. The van der Waals surface area contributed by atoms with Gasteiger partial charge in [0.15, 0.2) is 0 Å². The summed E-state index contributed by atoms with van der Waals surface area (Å²) in [6.45, 7) is 9.34. The highest BCUT2D eigenvalue weighted by Gasteiger charge is 2.07. The third-order valence-electron chi connectivity index (χ3n) is 2.71. The molecule has 0 atom stereocenters. The molecule has 0 saturated heterocycles. The van der Waals surface area contributed by atoms with Crippen LogP contribution in [0.5, 0.6) is 0 Å². The van der Waals surface area contributed by atoms with Gasteiger partial charge < -0.3 is 10.1 Å². The molecule has 0 heterocycles. The van der Waals surface area contributed by atoms with Gasteiger partial charge in [-0.05, 0) is 37.5 Å². The van der Waals surface area contributed by atoms with Crippen LogP contribution in [0.25, 0.3) is 0 Å². The average molecular weight is 279 g/mol. The Hall–Kier alpha value is -1.64. The molecule has 0 aromatic heterocycles. The van der Waals surface area contributed by atoms with Crippen molar-refractivity contribution >= 4 is 17.4 Å². The smallest absolute Gasteiger partial charge is 0.226 e. The van der Waals surface area contributed by atoms with E-state index in [4.69, 9.17) is 0 Å². The first-order chi connectivity index (χ1) is 9.49. The van der Waals surface area contributed by atoms with Gasteiger partial charge in [0.2, 0.25) is 5.91 Å². The standard InChI is InChI=1S/C15H21NO2.C2H6.H2/c1-11(2)15(18)16-14-9-5-8-13(10-14)7-4-6-12(3)17;1-2;/h5,8-11H,4,6-7H2,1-3H3,(H,16,18);1-2H3;1H. The molecule has 0 fully saturated rings. The van der Waals surface area contributed by atoms with Crippen molar-refractivity contribution in [3.05, 3.63) is 29.8 Å². The quantitative estimate of drug-likeness (QED) is 0.835. The maximum absolute atomic E-state index is 11.6. The summed E-state index contributed by atoms with van der Waals surface area (Å²) in [5.74, 6) is 0.224. The first-order valence-electron chi connectivity index (χ1n) is 7.38. The van der Waals surface area contributed by atoms with Crippen LogP contribution in [0.2, 0.25) is 0 Å².